The Hall–Kier alpha value is -2.50. The van der Waals surface area contributed by atoms with Crippen LogP contribution in [0.25, 0.3) is 0 Å². The lowest BCUT2D eigenvalue weighted by molar-refractivity contribution is -0.141. The molecule has 2 aromatic carbocycles. The van der Waals surface area contributed by atoms with Crippen LogP contribution >= 0.6 is 0 Å². The number of benzene rings is 2. The van der Waals surface area contributed by atoms with Crippen LogP contribution in [0.1, 0.15) is 19.8 Å². The molecule has 0 unspecified atom stereocenters. The number of sulfonamides is 2. The van der Waals surface area contributed by atoms with Crippen LogP contribution in [0, 0.1) is 5.82 Å². The van der Waals surface area contributed by atoms with Crippen LogP contribution in [-0.4, -0.2) is 42.0 Å². The van der Waals surface area contributed by atoms with Crippen molar-refractivity contribution < 1.29 is 30.8 Å². The summed E-state index contributed by atoms with van der Waals surface area (Å²) < 4.78 is 72.3. The number of rotatable bonds is 9. The minimum Gasteiger partial charge on any atom is -0.465 e. The molecule has 0 atom stereocenters. The zero-order valence-corrected chi connectivity index (χ0v) is 17.7. The number of ether oxygens (including phenoxy) is 1. The molecule has 1 saturated carbocycles. The first-order valence-electron chi connectivity index (χ1n) is 9.20. The molecule has 0 saturated heterocycles. The summed E-state index contributed by atoms with van der Waals surface area (Å²) in [4.78, 5) is 11.7. The highest BCUT2D eigenvalue weighted by atomic mass is 32.2. The van der Waals surface area contributed by atoms with Crippen molar-refractivity contribution in [1.29, 1.82) is 0 Å². The average Bonchev–Trinajstić information content (AvgIpc) is 3.50. The molecule has 0 heterocycles. The molecule has 2 aromatic rings. The summed E-state index contributed by atoms with van der Waals surface area (Å²) in [5.74, 6) is -1.34. The Labute approximate surface area is 174 Å². The third-order valence-corrected chi connectivity index (χ3v) is 7.64. The molecule has 0 spiro atoms. The maximum absolute atomic E-state index is 13.3. The standard InChI is InChI=1S/C19H21FN2O6S2/c1-2-28-19(23)13-22(16-7-3-14(20)4-8-16)30(26,27)18-11-9-17(10-12-18)29(24,25)21-15-5-6-15/h3-4,7-12,15,21H,2,5-6,13H2,1H3. The minimum absolute atomic E-state index is 0.0629. The number of halogens is 1. The van der Waals surface area contributed by atoms with Crippen LogP contribution in [-0.2, 0) is 29.6 Å². The number of anilines is 1. The summed E-state index contributed by atoms with van der Waals surface area (Å²) in [6, 6.07) is 9.18. The topological polar surface area (TPSA) is 110 Å². The zero-order chi connectivity index (χ0) is 21.9. The highest BCUT2D eigenvalue weighted by Crippen LogP contribution is 2.26. The fraction of sp³-hybridized carbons (Fsp3) is 0.316. The highest BCUT2D eigenvalue weighted by Gasteiger charge is 2.30. The van der Waals surface area contributed by atoms with E-state index in [4.69, 9.17) is 4.74 Å². The lowest BCUT2D eigenvalue weighted by Gasteiger charge is -2.23. The number of carbonyl (C=O) groups is 1. The summed E-state index contributed by atoms with van der Waals surface area (Å²) in [5.41, 5.74) is 0.0663. The molecule has 162 valence electrons. The second-order valence-electron chi connectivity index (χ2n) is 6.66. The third kappa shape index (κ3) is 5.15. The Kier molecular flexibility index (Phi) is 6.44. The van der Waals surface area contributed by atoms with Gasteiger partial charge < -0.3 is 4.74 Å². The molecule has 1 aliphatic rings. The molecule has 30 heavy (non-hydrogen) atoms. The maximum atomic E-state index is 13.3. The van der Waals surface area contributed by atoms with Gasteiger partial charge in [-0.25, -0.2) is 25.9 Å². The van der Waals surface area contributed by atoms with Gasteiger partial charge in [0.1, 0.15) is 12.4 Å². The molecule has 0 aromatic heterocycles. The van der Waals surface area contributed by atoms with Crippen LogP contribution in [0.3, 0.4) is 0 Å². The Bertz CT molecular complexity index is 1110. The molecule has 1 N–H and O–H groups in total. The van der Waals surface area contributed by atoms with Crippen LogP contribution in [0.15, 0.2) is 58.3 Å². The fourth-order valence-corrected chi connectivity index (χ4v) is 5.37. The number of nitrogens with one attached hydrogen (secondary N) is 1. The summed E-state index contributed by atoms with van der Waals surface area (Å²) in [6.07, 6.45) is 1.54. The van der Waals surface area contributed by atoms with Crippen LogP contribution in [0.2, 0.25) is 0 Å². The second kappa shape index (κ2) is 8.70. The van der Waals surface area contributed by atoms with E-state index < -0.39 is 38.4 Å². The molecular formula is C19H21FN2O6S2. The molecule has 3 rings (SSSR count). The van der Waals surface area contributed by atoms with Crippen molar-refractivity contribution in [3.63, 3.8) is 0 Å². The van der Waals surface area contributed by atoms with Crippen LogP contribution in [0.4, 0.5) is 10.1 Å². The summed E-state index contributed by atoms with van der Waals surface area (Å²) in [7, 11) is -8.00. The summed E-state index contributed by atoms with van der Waals surface area (Å²) in [6.45, 7) is 1.03. The third-order valence-electron chi connectivity index (χ3n) is 4.31. The van der Waals surface area contributed by atoms with Gasteiger partial charge in [-0.3, -0.25) is 9.10 Å². The van der Waals surface area contributed by atoms with E-state index in [0.29, 0.717) is 0 Å². The van der Waals surface area contributed by atoms with E-state index >= 15 is 0 Å². The smallest absolute Gasteiger partial charge is 0.326 e. The Balaban J connectivity index is 1.93. The van der Waals surface area contributed by atoms with Crippen molar-refractivity contribution in [3.8, 4) is 0 Å². The summed E-state index contributed by atoms with van der Waals surface area (Å²) in [5, 5.41) is 0. The number of hydrogen-bond acceptors (Lipinski definition) is 6. The maximum Gasteiger partial charge on any atom is 0.326 e. The fourth-order valence-electron chi connectivity index (χ4n) is 2.65. The number of hydrogen-bond donors (Lipinski definition) is 1. The van der Waals surface area contributed by atoms with Gasteiger partial charge in [0.15, 0.2) is 0 Å². The quantitative estimate of drug-likeness (QED) is 0.578. The van der Waals surface area contributed by atoms with Crippen molar-refractivity contribution >= 4 is 31.7 Å². The molecular weight excluding hydrogens is 435 g/mol. The van der Waals surface area contributed by atoms with Crippen molar-refractivity contribution in [3.05, 3.63) is 54.3 Å². The second-order valence-corrected chi connectivity index (χ2v) is 10.2. The van der Waals surface area contributed by atoms with Crippen LogP contribution in [0.5, 0.6) is 0 Å². The first-order chi connectivity index (χ1) is 14.1. The van der Waals surface area contributed by atoms with Gasteiger partial charge >= 0.3 is 5.97 Å². The molecule has 8 nitrogen and oxygen atoms in total. The van der Waals surface area contributed by atoms with Gasteiger partial charge in [0.2, 0.25) is 10.0 Å². The number of esters is 1. The average molecular weight is 457 g/mol. The number of carbonyl (C=O) groups excluding carboxylic acids is 1. The normalized spacial score (nSPS) is 14.3. The molecule has 0 radical (unpaired) electrons. The van der Waals surface area contributed by atoms with Gasteiger partial charge in [0, 0.05) is 6.04 Å². The van der Waals surface area contributed by atoms with E-state index in [1.165, 1.54) is 24.3 Å². The molecule has 1 fully saturated rings. The molecule has 0 bridgehead atoms. The lowest BCUT2D eigenvalue weighted by Crippen LogP contribution is -2.36. The van der Waals surface area contributed by atoms with E-state index in [9.17, 15) is 26.0 Å². The van der Waals surface area contributed by atoms with Gasteiger partial charge in [-0.15, -0.1) is 0 Å². The number of nitrogens with zero attached hydrogens (tertiary/aromatic N) is 1. The molecule has 0 aliphatic heterocycles. The van der Waals surface area contributed by atoms with Crippen molar-refractivity contribution in [2.45, 2.75) is 35.6 Å². The highest BCUT2D eigenvalue weighted by molar-refractivity contribution is 7.93. The Morgan fingerprint density at radius 1 is 1.03 bits per heavy atom. The predicted molar refractivity (Wildman–Crippen MR) is 107 cm³/mol. The lowest BCUT2D eigenvalue weighted by atomic mass is 10.3. The van der Waals surface area contributed by atoms with Gasteiger partial charge in [0.25, 0.3) is 10.0 Å². The molecule has 0 amide bonds. The van der Waals surface area contributed by atoms with Gasteiger partial charge in [0.05, 0.1) is 22.1 Å². The van der Waals surface area contributed by atoms with E-state index in [-0.39, 0.29) is 28.1 Å². The molecule has 1 aliphatic carbocycles. The van der Waals surface area contributed by atoms with Crippen molar-refractivity contribution in [2.75, 3.05) is 17.5 Å². The van der Waals surface area contributed by atoms with Crippen molar-refractivity contribution in [1.82, 2.24) is 4.72 Å². The Morgan fingerprint density at radius 2 is 1.60 bits per heavy atom. The van der Waals surface area contributed by atoms with Crippen molar-refractivity contribution in [2.24, 2.45) is 0 Å². The van der Waals surface area contributed by atoms with E-state index in [0.717, 1.165) is 41.4 Å². The van der Waals surface area contributed by atoms with E-state index in [1.807, 2.05) is 0 Å². The first kappa shape index (κ1) is 22.2. The van der Waals surface area contributed by atoms with Gasteiger partial charge in [-0.05, 0) is 68.3 Å². The summed E-state index contributed by atoms with van der Waals surface area (Å²) >= 11 is 0. The SMILES string of the molecule is CCOC(=O)CN(c1ccc(F)cc1)S(=O)(=O)c1ccc(S(=O)(=O)NC2CC2)cc1. The van der Waals surface area contributed by atoms with Crippen LogP contribution < -0.4 is 9.03 Å². The predicted octanol–water partition coefficient (Wildman–Crippen LogP) is 2.02. The monoisotopic (exact) mass is 456 g/mol. The van der Waals surface area contributed by atoms with E-state index in [2.05, 4.69) is 4.72 Å². The van der Waals surface area contributed by atoms with Gasteiger partial charge in [-0.2, -0.15) is 0 Å². The van der Waals surface area contributed by atoms with Gasteiger partial charge in [-0.1, -0.05) is 0 Å². The zero-order valence-electron chi connectivity index (χ0n) is 16.1. The van der Waals surface area contributed by atoms with E-state index in [1.54, 1.807) is 6.92 Å². The Morgan fingerprint density at radius 3 is 2.13 bits per heavy atom. The minimum atomic E-state index is -4.26. The largest absolute Gasteiger partial charge is 0.465 e. The first-order valence-corrected chi connectivity index (χ1v) is 12.1. The molecule has 11 heteroatoms.